The molecule has 0 bridgehead atoms. The normalized spacial score (nSPS) is 16.1. The Morgan fingerprint density at radius 2 is 2.07 bits per heavy atom. The predicted octanol–water partition coefficient (Wildman–Crippen LogP) is 1.97. The van der Waals surface area contributed by atoms with Gasteiger partial charge < -0.3 is 19.9 Å². The monoisotopic (exact) mass is 371 g/mol. The minimum atomic E-state index is -1.19. The molecule has 8 heteroatoms. The van der Waals surface area contributed by atoms with Crippen LogP contribution in [0.4, 0.5) is 0 Å². The van der Waals surface area contributed by atoms with Crippen LogP contribution in [0.15, 0.2) is 30.6 Å². The Balaban J connectivity index is 1.62. The van der Waals surface area contributed by atoms with Crippen LogP contribution in [0, 0.1) is 6.92 Å². The molecule has 1 fully saturated rings. The van der Waals surface area contributed by atoms with Gasteiger partial charge in [-0.05, 0) is 31.4 Å². The number of aromatic carboxylic acids is 1. The Hall–Kier alpha value is -3.00. The fraction of sp³-hybridized carbons (Fsp3) is 0.368. The molecule has 2 N–H and O–H groups in total. The van der Waals surface area contributed by atoms with Crippen LogP contribution < -0.4 is 10.1 Å². The van der Waals surface area contributed by atoms with E-state index in [-0.39, 0.29) is 24.0 Å². The lowest BCUT2D eigenvalue weighted by molar-refractivity contribution is 0.0675. The van der Waals surface area contributed by atoms with Gasteiger partial charge in [0.05, 0.1) is 18.5 Å². The second kappa shape index (κ2) is 8.59. The second-order valence-electron chi connectivity index (χ2n) is 6.33. The van der Waals surface area contributed by atoms with Crippen molar-refractivity contribution >= 4 is 11.9 Å². The third-order valence-corrected chi connectivity index (χ3v) is 4.21. The number of aromatic nitrogens is 2. The van der Waals surface area contributed by atoms with Crippen LogP contribution in [-0.4, -0.2) is 46.3 Å². The maximum absolute atomic E-state index is 12.2. The topological polar surface area (TPSA) is 111 Å². The molecule has 1 aromatic carbocycles. The van der Waals surface area contributed by atoms with Crippen LogP contribution in [0.3, 0.4) is 0 Å². The van der Waals surface area contributed by atoms with Gasteiger partial charge in [0, 0.05) is 18.7 Å². The summed E-state index contributed by atoms with van der Waals surface area (Å²) in [5.74, 6) is -0.926. The van der Waals surface area contributed by atoms with Gasteiger partial charge in [0.2, 0.25) is 0 Å². The van der Waals surface area contributed by atoms with Crippen LogP contribution in [0.1, 0.15) is 44.9 Å². The SMILES string of the molecule is Cc1ccc(CNC(=O)c2cnc(C(=O)O)cn2)c(OCC2CCCO2)c1. The highest BCUT2D eigenvalue weighted by atomic mass is 16.5. The highest BCUT2D eigenvalue weighted by Crippen LogP contribution is 2.22. The third kappa shape index (κ3) is 5.01. The van der Waals surface area contributed by atoms with Crippen molar-refractivity contribution in [2.75, 3.05) is 13.2 Å². The summed E-state index contributed by atoms with van der Waals surface area (Å²) in [5, 5.41) is 11.6. The van der Waals surface area contributed by atoms with Gasteiger partial charge >= 0.3 is 5.97 Å². The van der Waals surface area contributed by atoms with E-state index < -0.39 is 11.9 Å². The average molecular weight is 371 g/mol. The van der Waals surface area contributed by atoms with Gasteiger partial charge in [0.1, 0.15) is 18.1 Å². The molecule has 142 valence electrons. The number of nitrogens with zero attached hydrogens (tertiary/aromatic N) is 2. The molecule has 1 unspecified atom stereocenters. The maximum atomic E-state index is 12.2. The third-order valence-electron chi connectivity index (χ3n) is 4.21. The molecule has 8 nitrogen and oxygen atoms in total. The maximum Gasteiger partial charge on any atom is 0.356 e. The number of carboxylic acids is 1. The fourth-order valence-electron chi connectivity index (χ4n) is 2.72. The molecule has 2 heterocycles. The molecule has 1 atom stereocenters. The molecule has 27 heavy (non-hydrogen) atoms. The lowest BCUT2D eigenvalue weighted by Gasteiger charge is -2.15. The number of carboxylic acid groups (broad SMARTS) is 1. The molecule has 3 rings (SSSR count). The quantitative estimate of drug-likeness (QED) is 0.765. The van der Waals surface area contributed by atoms with Crippen molar-refractivity contribution in [3.8, 4) is 5.75 Å². The van der Waals surface area contributed by atoms with Crippen molar-refractivity contribution in [3.05, 3.63) is 53.1 Å². The van der Waals surface area contributed by atoms with E-state index in [4.69, 9.17) is 14.6 Å². The zero-order valence-electron chi connectivity index (χ0n) is 15.0. The van der Waals surface area contributed by atoms with E-state index in [1.165, 1.54) is 0 Å². The number of carbonyl (C=O) groups is 2. The smallest absolute Gasteiger partial charge is 0.356 e. The summed E-state index contributed by atoms with van der Waals surface area (Å²) in [7, 11) is 0. The summed E-state index contributed by atoms with van der Waals surface area (Å²) in [5.41, 5.74) is 1.73. The lowest BCUT2D eigenvalue weighted by atomic mass is 10.1. The Kier molecular flexibility index (Phi) is 5.97. The molecule has 0 aliphatic carbocycles. The molecule has 1 aliphatic heterocycles. The van der Waals surface area contributed by atoms with E-state index >= 15 is 0 Å². The van der Waals surface area contributed by atoms with Crippen molar-refractivity contribution in [1.29, 1.82) is 0 Å². The highest BCUT2D eigenvalue weighted by molar-refractivity contribution is 5.92. The number of amides is 1. The van der Waals surface area contributed by atoms with Gasteiger partial charge in [0.25, 0.3) is 5.91 Å². The predicted molar refractivity (Wildman–Crippen MR) is 95.8 cm³/mol. The number of nitrogens with one attached hydrogen (secondary N) is 1. The minimum absolute atomic E-state index is 0.0499. The molecule has 2 aromatic rings. The van der Waals surface area contributed by atoms with Crippen LogP contribution in [-0.2, 0) is 11.3 Å². The molecule has 0 radical (unpaired) electrons. The van der Waals surface area contributed by atoms with Gasteiger partial charge in [0.15, 0.2) is 5.69 Å². The van der Waals surface area contributed by atoms with E-state index in [0.29, 0.717) is 12.4 Å². The second-order valence-corrected chi connectivity index (χ2v) is 6.33. The van der Waals surface area contributed by atoms with Crippen LogP contribution >= 0.6 is 0 Å². The molecule has 0 spiro atoms. The summed E-state index contributed by atoms with van der Waals surface area (Å²) in [6.07, 6.45) is 4.34. The summed E-state index contributed by atoms with van der Waals surface area (Å²) >= 11 is 0. The Bertz CT molecular complexity index is 817. The summed E-state index contributed by atoms with van der Waals surface area (Å²) in [6, 6.07) is 5.78. The van der Waals surface area contributed by atoms with Gasteiger partial charge in [-0.2, -0.15) is 0 Å². The zero-order valence-corrected chi connectivity index (χ0v) is 15.0. The number of rotatable bonds is 7. The average Bonchev–Trinajstić information content (AvgIpc) is 3.19. The largest absolute Gasteiger partial charge is 0.491 e. The summed E-state index contributed by atoms with van der Waals surface area (Å²) in [4.78, 5) is 30.5. The van der Waals surface area contributed by atoms with Gasteiger partial charge in [-0.15, -0.1) is 0 Å². The van der Waals surface area contributed by atoms with Gasteiger partial charge in [-0.25, -0.2) is 14.8 Å². The lowest BCUT2D eigenvalue weighted by Crippen LogP contribution is -2.25. The first-order valence-electron chi connectivity index (χ1n) is 8.70. The number of aryl methyl sites for hydroxylation is 1. The standard InChI is InChI=1S/C19H21N3O5/c1-12-4-5-13(17(7-12)27-11-14-3-2-6-26-14)8-22-18(23)15-9-21-16(10-20-15)19(24)25/h4-5,7,9-10,14H,2-3,6,8,11H2,1H3,(H,22,23)(H,24,25). The number of carbonyl (C=O) groups excluding carboxylic acids is 1. The molecular formula is C19H21N3O5. The summed E-state index contributed by atoms with van der Waals surface area (Å²) < 4.78 is 11.5. The molecule has 1 amide bonds. The number of hydrogen-bond donors (Lipinski definition) is 2. The van der Waals surface area contributed by atoms with Crippen molar-refractivity contribution in [2.45, 2.75) is 32.4 Å². The zero-order chi connectivity index (χ0) is 19.2. The molecule has 1 saturated heterocycles. The highest BCUT2D eigenvalue weighted by Gasteiger charge is 2.17. The van der Waals surface area contributed by atoms with Crippen LogP contribution in [0.5, 0.6) is 5.75 Å². The Morgan fingerprint density at radius 1 is 1.30 bits per heavy atom. The van der Waals surface area contributed by atoms with Crippen LogP contribution in [0.25, 0.3) is 0 Å². The molecule has 0 saturated carbocycles. The number of hydrogen-bond acceptors (Lipinski definition) is 6. The first-order chi connectivity index (χ1) is 13.0. The van der Waals surface area contributed by atoms with Gasteiger partial charge in [-0.1, -0.05) is 12.1 Å². The molecular weight excluding hydrogens is 350 g/mol. The van der Waals surface area contributed by atoms with Gasteiger partial charge in [-0.3, -0.25) is 4.79 Å². The van der Waals surface area contributed by atoms with Crippen LogP contribution in [0.2, 0.25) is 0 Å². The number of ether oxygens (including phenoxy) is 2. The molecule has 1 aromatic heterocycles. The Labute approximate surface area is 156 Å². The first-order valence-corrected chi connectivity index (χ1v) is 8.70. The van der Waals surface area contributed by atoms with Crippen molar-refractivity contribution in [2.24, 2.45) is 0 Å². The van der Waals surface area contributed by atoms with E-state index in [0.717, 1.165) is 43.0 Å². The van der Waals surface area contributed by atoms with E-state index in [2.05, 4.69) is 15.3 Å². The van der Waals surface area contributed by atoms with E-state index in [9.17, 15) is 9.59 Å². The van der Waals surface area contributed by atoms with Crippen molar-refractivity contribution in [3.63, 3.8) is 0 Å². The number of benzene rings is 1. The van der Waals surface area contributed by atoms with E-state index in [1.807, 2.05) is 25.1 Å². The molecule has 1 aliphatic rings. The summed E-state index contributed by atoms with van der Waals surface area (Å²) in [6.45, 7) is 3.47. The first kappa shape index (κ1) is 18.8. The Morgan fingerprint density at radius 3 is 2.74 bits per heavy atom. The van der Waals surface area contributed by atoms with E-state index in [1.54, 1.807) is 0 Å². The van der Waals surface area contributed by atoms with Crippen molar-refractivity contribution < 1.29 is 24.2 Å². The fourth-order valence-corrected chi connectivity index (χ4v) is 2.72. The van der Waals surface area contributed by atoms with Crippen molar-refractivity contribution in [1.82, 2.24) is 15.3 Å². The minimum Gasteiger partial charge on any atom is -0.491 e.